The Bertz CT molecular complexity index is 1180. The Labute approximate surface area is 187 Å². The first-order chi connectivity index (χ1) is 15.5. The lowest BCUT2D eigenvalue weighted by atomic mass is 10.2. The van der Waals surface area contributed by atoms with E-state index in [9.17, 15) is 13.2 Å². The van der Waals surface area contributed by atoms with Crippen LogP contribution in [0.15, 0.2) is 47.4 Å². The van der Waals surface area contributed by atoms with Gasteiger partial charge in [0.2, 0.25) is 15.9 Å². The predicted molar refractivity (Wildman–Crippen MR) is 121 cm³/mol. The molecule has 0 radical (unpaired) electrons. The summed E-state index contributed by atoms with van der Waals surface area (Å²) in [6.07, 6.45) is 3.76. The maximum Gasteiger partial charge on any atom is 0.243 e. The second kappa shape index (κ2) is 9.66. The molecule has 9 nitrogen and oxygen atoms in total. The number of hydrogen-bond acceptors (Lipinski definition) is 6. The number of amides is 1. The van der Waals surface area contributed by atoms with Crippen molar-refractivity contribution in [2.24, 2.45) is 0 Å². The van der Waals surface area contributed by atoms with Gasteiger partial charge in [0.15, 0.2) is 0 Å². The van der Waals surface area contributed by atoms with E-state index in [-0.39, 0.29) is 10.8 Å². The van der Waals surface area contributed by atoms with Gasteiger partial charge in [0.1, 0.15) is 11.3 Å². The smallest absolute Gasteiger partial charge is 0.243 e. The maximum atomic E-state index is 12.9. The minimum atomic E-state index is -3.51. The molecule has 1 saturated heterocycles. The average Bonchev–Trinajstić information content (AvgIpc) is 3.22. The Morgan fingerprint density at radius 2 is 1.84 bits per heavy atom. The Morgan fingerprint density at radius 1 is 1.09 bits per heavy atom. The minimum Gasteiger partial charge on any atom is -0.497 e. The number of hydrogen-bond donors (Lipinski definition) is 1. The molecule has 3 aromatic rings. The van der Waals surface area contributed by atoms with Crippen molar-refractivity contribution in [3.05, 3.63) is 42.5 Å². The number of ether oxygens (including phenoxy) is 1. The zero-order valence-corrected chi connectivity index (χ0v) is 18.8. The second-order valence-electron chi connectivity index (χ2n) is 7.81. The van der Waals surface area contributed by atoms with E-state index in [2.05, 4.69) is 15.6 Å². The van der Waals surface area contributed by atoms with E-state index in [4.69, 9.17) is 4.74 Å². The summed E-state index contributed by atoms with van der Waals surface area (Å²) in [6, 6.07) is 12.1. The molecule has 0 bridgehead atoms. The molecule has 1 aliphatic rings. The lowest BCUT2D eigenvalue weighted by Gasteiger charge is -2.25. The third-order valence-corrected chi connectivity index (χ3v) is 7.48. The van der Waals surface area contributed by atoms with E-state index in [1.165, 1.54) is 0 Å². The monoisotopic (exact) mass is 457 g/mol. The first-order valence-corrected chi connectivity index (χ1v) is 12.2. The molecule has 0 saturated carbocycles. The number of nitrogens with zero attached hydrogens (tertiary/aromatic N) is 4. The quantitative estimate of drug-likeness (QED) is 0.557. The molecule has 2 heterocycles. The van der Waals surface area contributed by atoms with Crippen LogP contribution in [0.2, 0.25) is 0 Å². The molecule has 32 heavy (non-hydrogen) atoms. The van der Waals surface area contributed by atoms with E-state index < -0.39 is 10.0 Å². The van der Waals surface area contributed by atoms with Gasteiger partial charge < -0.3 is 10.1 Å². The van der Waals surface area contributed by atoms with Crippen LogP contribution in [0.3, 0.4) is 0 Å². The topological polar surface area (TPSA) is 106 Å². The summed E-state index contributed by atoms with van der Waals surface area (Å²) in [5.74, 6) is 0.641. The van der Waals surface area contributed by atoms with Crippen LogP contribution in [-0.4, -0.2) is 53.8 Å². The fourth-order valence-electron chi connectivity index (χ4n) is 3.82. The normalized spacial score (nSPS) is 15.0. The predicted octanol–water partition coefficient (Wildman–Crippen LogP) is 3.03. The van der Waals surface area contributed by atoms with Gasteiger partial charge in [-0.15, -0.1) is 5.10 Å². The molecule has 10 heteroatoms. The molecule has 1 fully saturated rings. The van der Waals surface area contributed by atoms with Gasteiger partial charge in [-0.25, -0.2) is 13.1 Å². The summed E-state index contributed by atoms with van der Waals surface area (Å²) in [5, 5.41) is 11.1. The zero-order valence-electron chi connectivity index (χ0n) is 18.0. The number of piperidine rings is 1. The van der Waals surface area contributed by atoms with E-state index >= 15 is 0 Å². The number of carbonyl (C=O) groups is 1. The number of methoxy groups -OCH3 is 1. The highest BCUT2D eigenvalue weighted by molar-refractivity contribution is 7.89. The lowest BCUT2D eigenvalue weighted by molar-refractivity contribution is -0.116. The SMILES string of the molecule is COc1ccc(NC(=O)CCCn2nnc3cc(S(=O)(=O)N4CCCCC4)ccc32)cc1. The molecule has 1 N–H and O–H groups in total. The van der Waals surface area contributed by atoms with E-state index in [0.29, 0.717) is 43.7 Å². The van der Waals surface area contributed by atoms with E-state index in [1.807, 2.05) is 0 Å². The van der Waals surface area contributed by atoms with Crippen molar-refractivity contribution in [3.63, 3.8) is 0 Å². The van der Waals surface area contributed by atoms with Crippen LogP contribution in [0, 0.1) is 0 Å². The van der Waals surface area contributed by atoms with Crippen LogP contribution in [-0.2, 0) is 21.4 Å². The largest absolute Gasteiger partial charge is 0.497 e. The highest BCUT2D eigenvalue weighted by atomic mass is 32.2. The van der Waals surface area contributed by atoms with Crippen molar-refractivity contribution in [1.82, 2.24) is 19.3 Å². The number of aryl methyl sites for hydroxylation is 1. The van der Waals surface area contributed by atoms with E-state index in [0.717, 1.165) is 30.5 Å². The molecule has 1 aromatic heterocycles. The standard InChI is InChI=1S/C22H27N5O4S/c1-31-18-9-7-17(8-10-18)23-22(28)6-5-15-27-21-12-11-19(16-20(21)24-25-27)32(29,30)26-13-3-2-4-14-26/h7-12,16H,2-6,13-15H2,1H3,(H,23,28). The second-order valence-corrected chi connectivity index (χ2v) is 9.75. The highest BCUT2D eigenvalue weighted by Gasteiger charge is 2.26. The van der Waals surface area contributed by atoms with Crippen LogP contribution >= 0.6 is 0 Å². The fourth-order valence-corrected chi connectivity index (χ4v) is 5.36. The number of aromatic nitrogens is 3. The summed E-state index contributed by atoms with van der Waals surface area (Å²) >= 11 is 0. The third-order valence-electron chi connectivity index (χ3n) is 5.59. The molecule has 0 spiro atoms. The lowest BCUT2D eigenvalue weighted by Crippen LogP contribution is -2.35. The first-order valence-electron chi connectivity index (χ1n) is 10.7. The number of nitrogens with one attached hydrogen (secondary N) is 1. The summed E-state index contributed by atoms with van der Waals surface area (Å²) < 4.78 is 34.1. The van der Waals surface area contributed by atoms with Crippen LogP contribution < -0.4 is 10.1 Å². The Balaban J connectivity index is 1.36. The Kier molecular flexibility index (Phi) is 6.71. The first kappa shape index (κ1) is 22.2. The number of benzene rings is 2. The van der Waals surface area contributed by atoms with E-state index in [1.54, 1.807) is 58.6 Å². The molecular formula is C22H27N5O4S. The van der Waals surface area contributed by atoms with Crippen molar-refractivity contribution in [2.75, 3.05) is 25.5 Å². The van der Waals surface area contributed by atoms with Gasteiger partial charge in [0.05, 0.1) is 17.5 Å². The zero-order chi connectivity index (χ0) is 22.6. The molecule has 0 atom stereocenters. The minimum absolute atomic E-state index is 0.0884. The van der Waals surface area contributed by atoms with Crippen LogP contribution in [0.4, 0.5) is 5.69 Å². The van der Waals surface area contributed by atoms with Gasteiger partial charge in [-0.3, -0.25) is 4.79 Å². The van der Waals surface area contributed by atoms with Crippen molar-refractivity contribution < 1.29 is 17.9 Å². The van der Waals surface area contributed by atoms with Gasteiger partial charge >= 0.3 is 0 Å². The van der Waals surface area contributed by atoms with Crippen molar-refractivity contribution >= 4 is 32.7 Å². The number of anilines is 1. The van der Waals surface area contributed by atoms with Gasteiger partial charge in [-0.05, 0) is 61.7 Å². The molecule has 1 amide bonds. The summed E-state index contributed by atoms with van der Waals surface area (Å²) in [7, 11) is -1.92. The van der Waals surface area contributed by atoms with Crippen molar-refractivity contribution in [1.29, 1.82) is 0 Å². The van der Waals surface area contributed by atoms with Crippen molar-refractivity contribution in [2.45, 2.75) is 43.5 Å². The molecule has 170 valence electrons. The van der Waals surface area contributed by atoms with Crippen LogP contribution in [0.1, 0.15) is 32.1 Å². The summed E-state index contributed by atoms with van der Waals surface area (Å²) in [4.78, 5) is 12.5. The molecule has 2 aromatic carbocycles. The van der Waals surface area contributed by atoms with Gasteiger partial charge in [-0.2, -0.15) is 4.31 Å². The summed E-state index contributed by atoms with van der Waals surface area (Å²) in [5.41, 5.74) is 1.99. The molecule has 4 rings (SSSR count). The maximum absolute atomic E-state index is 12.9. The Hall–Kier alpha value is -2.98. The molecule has 0 unspecified atom stereocenters. The van der Waals surface area contributed by atoms with Gasteiger partial charge in [-0.1, -0.05) is 11.6 Å². The van der Waals surface area contributed by atoms with Crippen LogP contribution in [0.5, 0.6) is 5.75 Å². The molecular weight excluding hydrogens is 430 g/mol. The average molecular weight is 458 g/mol. The molecule has 0 aliphatic carbocycles. The number of fused-ring (bicyclic) bond motifs is 1. The number of carbonyl (C=O) groups excluding carboxylic acids is 1. The van der Waals surface area contributed by atoms with Crippen molar-refractivity contribution in [3.8, 4) is 5.75 Å². The molecule has 1 aliphatic heterocycles. The van der Waals surface area contributed by atoms with Crippen LogP contribution in [0.25, 0.3) is 11.0 Å². The summed E-state index contributed by atoms with van der Waals surface area (Å²) in [6.45, 7) is 1.63. The van der Waals surface area contributed by atoms with Gasteiger partial charge in [0, 0.05) is 31.7 Å². The van der Waals surface area contributed by atoms with Gasteiger partial charge in [0.25, 0.3) is 0 Å². The Morgan fingerprint density at radius 3 is 2.56 bits per heavy atom. The highest BCUT2D eigenvalue weighted by Crippen LogP contribution is 2.23. The third kappa shape index (κ3) is 4.91. The fraction of sp³-hybridized carbons (Fsp3) is 0.409. The number of sulfonamides is 1. The number of rotatable bonds is 8.